The van der Waals surface area contributed by atoms with Crippen LogP contribution in [0.15, 0.2) is 78.5 Å². The van der Waals surface area contributed by atoms with Gasteiger partial charge < -0.3 is 5.32 Å². The fraction of sp³-hybridized carbons (Fsp3) is 0.200. The molecule has 1 amide bonds. The average Bonchev–Trinajstić information content (AvgIpc) is 3.51. The topological polar surface area (TPSA) is 77.6 Å². The lowest BCUT2D eigenvalue weighted by atomic mass is 10.2. The molecule has 2 heterocycles. The van der Waals surface area contributed by atoms with Gasteiger partial charge in [0.2, 0.25) is 5.91 Å². The Bertz CT molecular complexity index is 1330. The predicted octanol–water partition coefficient (Wildman–Crippen LogP) is 5.06. The molecule has 5 rings (SSSR count). The Morgan fingerprint density at radius 1 is 1.15 bits per heavy atom. The summed E-state index contributed by atoms with van der Waals surface area (Å²) < 4.78 is 17.8. The molecule has 1 fully saturated rings. The van der Waals surface area contributed by atoms with Crippen molar-refractivity contribution in [2.45, 2.75) is 30.5 Å². The highest BCUT2D eigenvalue weighted by Gasteiger charge is 2.28. The van der Waals surface area contributed by atoms with Gasteiger partial charge in [-0.05, 0) is 37.1 Å². The lowest BCUT2D eigenvalue weighted by molar-refractivity contribution is -0.113. The zero-order valence-electron chi connectivity index (χ0n) is 18.4. The molecule has 0 aliphatic heterocycles. The van der Waals surface area contributed by atoms with Crippen LogP contribution in [0.2, 0.25) is 0 Å². The number of para-hydroxylation sites is 1. The number of anilines is 1. The number of nitrogens with zero attached hydrogens (tertiary/aromatic N) is 5. The molecule has 0 atom stereocenters. The van der Waals surface area contributed by atoms with E-state index in [0.29, 0.717) is 34.8 Å². The van der Waals surface area contributed by atoms with Gasteiger partial charge in [-0.15, -0.1) is 16.8 Å². The van der Waals surface area contributed by atoms with Crippen molar-refractivity contribution in [3.63, 3.8) is 0 Å². The smallest absolute Gasteiger partial charge is 0.236 e. The van der Waals surface area contributed by atoms with Crippen LogP contribution in [-0.4, -0.2) is 36.2 Å². The summed E-state index contributed by atoms with van der Waals surface area (Å²) in [6, 6.07) is 18.1. The van der Waals surface area contributed by atoms with Crippen LogP contribution < -0.4 is 5.32 Å². The first-order valence-electron chi connectivity index (χ1n) is 11.0. The van der Waals surface area contributed by atoms with Gasteiger partial charge in [0.15, 0.2) is 11.0 Å². The van der Waals surface area contributed by atoms with Crippen molar-refractivity contribution in [3.05, 3.63) is 84.8 Å². The lowest BCUT2D eigenvalue weighted by Gasteiger charge is -2.10. The minimum Gasteiger partial charge on any atom is -0.310 e. The molecule has 9 heteroatoms. The number of benzene rings is 2. The molecule has 4 aromatic rings. The molecular formula is C25H23FN6OS. The third-order valence-corrected chi connectivity index (χ3v) is 6.43. The van der Waals surface area contributed by atoms with Crippen LogP contribution in [0.5, 0.6) is 0 Å². The fourth-order valence-electron chi connectivity index (χ4n) is 3.67. The second-order valence-corrected chi connectivity index (χ2v) is 8.94. The minimum absolute atomic E-state index is 0.116. The summed E-state index contributed by atoms with van der Waals surface area (Å²) in [7, 11) is 0. The summed E-state index contributed by atoms with van der Waals surface area (Å²) in [6.45, 7) is 4.17. The van der Waals surface area contributed by atoms with Gasteiger partial charge in [0, 0.05) is 18.5 Å². The lowest BCUT2D eigenvalue weighted by Crippen LogP contribution is -2.17. The molecule has 1 saturated carbocycles. The van der Waals surface area contributed by atoms with E-state index in [9.17, 15) is 9.18 Å². The molecule has 1 N–H and O–H groups in total. The van der Waals surface area contributed by atoms with Gasteiger partial charge in [0.05, 0.1) is 22.7 Å². The highest BCUT2D eigenvalue weighted by atomic mass is 32.2. The van der Waals surface area contributed by atoms with E-state index in [1.54, 1.807) is 33.5 Å². The fourth-order valence-corrected chi connectivity index (χ4v) is 4.42. The first kappa shape index (κ1) is 22.1. The first-order chi connectivity index (χ1) is 16.6. The summed E-state index contributed by atoms with van der Waals surface area (Å²) in [5.41, 5.74) is 2.23. The third-order valence-electron chi connectivity index (χ3n) is 5.47. The molecule has 1 aliphatic rings. The monoisotopic (exact) mass is 474 g/mol. The number of aromatic nitrogens is 5. The Morgan fingerprint density at radius 3 is 2.65 bits per heavy atom. The predicted molar refractivity (Wildman–Crippen MR) is 131 cm³/mol. The van der Waals surface area contributed by atoms with E-state index in [1.807, 2.05) is 36.4 Å². The molecule has 2 aromatic heterocycles. The highest BCUT2D eigenvalue weighted by molar-refractivity contribution is 7.99. The van der Waals surface area contributed by atoms with Crippen LogP contribution in [0.3, 0.4) is 0 Å². The van der Waals surface area contributed by atoms with Crippen molar-refractivity contribution >= 4 is 23.5 Å². The quantitative estimate of drug-likeness (QED) is 0.271. The molecule has 0 unspecified atom stereocenters. The zero-order valence-corrected chi connectivity index (χ0v) is 19.2. The van der Waals surface area contributed by atoms with Gasteiger partial charge in [0.1, 0.15) is 11.6 Å². The molecular weight excluding hydrogens is 451 g/mol. The van der Waals surface area contributed by atoms with Gasteiger partial charge in [-0.2, -0.15) is 5.10 Å². The third kappa shape index (κ3) is 4.65. The number of carbonyl (C=O) groups is 1. The maximum absolute atomic E-state index is 14.3. The van der Waals surface area contributed by atoms with Gasteiger partial charge in [-0.3, -0.25) is 9.36 Å². The second kappa shape index (κ2) is 9.64. The first-order valence-corrected chi connectivity index (χ1v) is 12.0. The molecule has 0 radical (unpaired) electrons. The van der Waals surface area contributed by atoms with Crippen molar-refractivity contribution in [1.29, 1.82) is 0 Å². The van der Waals surface area contributed by atoms with Gasteiger partial charge >= 0.3 is 0 Å². The van der Waals surface area contributed by atoms with E-state index in [4.69, 9.17) is 5.10 Å². The Balaban J connectivity index is 1.33. The number of nitrogens with one attached hydrogen (secondary N) is 1. The summed E-state index contributed by atoms with van der Waals surface area (Å²) in [5.74, 6) is 1.05. The van der Waals surface area contributed by atoms with E-state index < -0.39 is 0 Å². The maximum Gasteiger partial charge on any atom is 0.236 e. The number of hydrogen-bond donors (Lipinski definition) is 1. The van der Waals surface area contributed by atoms with Gasteiger partial charge in [-0.1, -0.05) is 48.2 Å². The number of halogens is 1. The van der Waals surface area contributed by atoms with Gasteiger partial charge in [-0.25, -0.2) is 9.07 Å². The Hall–Kier alpha value is -3.72. The van der Waals surface area contributed by atoms with Crippen molar-refractivity contribution in [2.75, 3.05) is 11.1 Å². The minimum atomic E-state index is -0.379. The number of carbonyl (C=O) groups excluding carboxylic acids is 1. The second-order valence-electron chi connectivity index (χ2n) is 8.00. The van der Waals surface area contributed by atoms with Crippen LogP contribution in [-0.2, 0) is 11.3 Å². The van der Waals surface area contributed by atoms with Crippen LogP contribution >= 0.6 is 11.8 Å². The molecule has 34 heavy (non-hydrogen) atoms. The van der Waals surface area contributed by atoms with Crippen molar-refractivity contribution in [1.82, 2.24) is 24.5 Å². The zero-order chi connectivity index (χ0) is 23.5. The Kier molecular flexibility index (Phi) is 6.27. The normalized spacial score (nSPS) is 13.1. The molecule has 172 valence electrons. The van der Waals surface area contributed by atoms with Crippen LogP contribution in [0.4, 0.5) is 10.2 Å². The largest absolute Gasteiger partial charge is 0.310 e. The summed E-state index contributed by atoms with van der Waals surface area (Å²) in [4.78, 5) is 12.9. The highest BCUT2D eigenvalue weighted by Crippen LogP contribution is 2.40. The standard InChI is InChI=1S/C25H23FN6OS/c1-2-14-31-24(19-10-6-7-11-20(19)26)28-29-25(31)34-16-23(33)27-22-15-21(17-12-13-17)30-32(22)18-8-4-3-5-9-18/h2-11,15,17H,1,12-14,16H2,(H,27,33). The average molecular weight is 475 g/mol. The Labute approximate surface area is 200 Å². The van der Waals surface area contributed by atoms with E-state index in [2.05, 4.69) is 22.1 Å². The number of hydrogen-bond acceptors (Lipinski definition) is 5. The van der Waals surface area contributed by atoms with E-state index >= 15 is 0 Å². The summed E-state index contributed by atoms with van der Waals surface area (Å²) >= 11 is 1.24. The van der Waals surface area contributed by atoms with E-state index in [-0.39, 0.29) is 17.5 Å². The maximum atomic E-state index is 14.3. The molecule has 0 saturated heterocycles. The van der Waals surface area contributed by atoms with E-state index in [1.165, 1.54) is 17.8 Å². The molecule has 7 nitrogen and oxygen atoms in total. The van der Waals surface area contributed by atoms with Gasteiger partial charge in [0.25, 0.3) is 0 Å². The van der Waals surface area contributed by atoms with Crippen LogP contribution in [0.1, 0.15) is 24.5 Å². The van der Waals surface area contributed by atoms with Crippen LogP contribution in [0, 0.1) is 5.82 Å². The summed E-state index contributed by atoms with van der Waals surface area (Å²) in [5, 5.41) is 16.6. The van der Waals surface area contributed by atoms with Crippen molar-refractivity contribution < 1.29 is 9.18 Å². The molecule has 0 spiro atoms. The molecule has 1 aliphatic carbocycles. The SMILES string of the molecule is C=CCn1c(SCC(=O)Nc2cc(C3CC3)nn2-c2ccccc2)nnc1-c1ccccc1F. The number of rotatable bonds is 9. The molecule has 0 bridgehead atoms. The van der Waals surface area contributed by atoms with E-state index in [0.717, 1.165) is 24.2 Å². The number of allylic oxidation sites excluding steroid dienone is 1. The Morgan fingerprint density at radius 2 is 1.91 bits per heavy atom. The van der Waals surface area contributed by atoms with Crippen molar-refractivity contribution in [2.24, 2.45) is 0 Å². The number of thioether (sulfide) groups is 1. The van der Waals surface area contributed by atoms with Crippen LogP contribution in [0.25, 0.3) is 17.1 Å². The molecule has 2 aromatic carbocycles. The summed E-state index contributed by atoms with van der Waals surface area (Å²) in [6.07, 6.45) is 3.94. The number of amides is 1. The van der Waals surface area contributed by atoms with Crippen molar-refractivity contribution in [3.8, 4) is 17.1 Å².